The standard InChI is InChI=1S/C24H24N2O4S/c1-14-6-8-22-20(12-14)26(5)24(27)19-13-18(7-9-21(19)30-22)25-31(28,29)23-16(3)10-15(2)11-17(23)4/h6-13,25H,1-5H3. The molecule has 31 heavy (non-hydrogen) atoms. The number of hydrogen-bond acceptors (Lipinski definition) is 4. The second-order valence-electron chi connectivity index (χ2n) is 7.98. The molecule has 0 spiro atoms. The zero-order chi connectivity index (χ0) is 22.5. The number of aryl methyl sites for hydroxylation is 4. The molecule has 0 aromatic heterocycles. The van der Waals surface area contributed by atoms with Crippen LogP contribution < -0.4 is 14.4 Å². The number of nitrogens with zero attached hydrogens (tertiary/aromatic N) is 1. The lowest BCUT2D eigenvalue weighted by Gasteiger charge is -2.17. The van der Waals surface area contributed by atoms with Crippen molar-refractivity contribution in [2.75, 3.05) is 16.7 Å². The van der Waals surface area contributed by atoms with Crippen LogP contribution >= 0.6 is 0 Å². The third kappa shape index (κ3) is 3.77. The molecule has 160 valence electrons. The van der Waals surface area contributed by atoms with Crippen molar-refractivity contribution in [3.63, 3.8) is 0 Å². The van der Waals surface area contributed by atoms with E-state index in [9.17, 15) is 13.2 Å². The van der Waals surface area contributed by atoms with E-state index in [2.05, 4.69) is 4.72 Å². The number of ether oxygens (including phenoxy) is 1. The Hall–Kier alpha value is -3.32. The highest BCUT2D eigenvalue weighted by Gasteiger charge is 2.27. The van der Waals surface area contributed by atoms with Gasteiger partial charge in [0.05, 0.1) is 16.1 Å². The van der Waals surface area contributed by atoms with E-state index < -0.39 is 10.0 Å². The summed E-state index contributed by atoms with van der Waals surface area (Å²) in [4.78, 5) is 14.9. The van der Waals surface area contributed by atoms with E-state index >= 15 is 0 Å². The van der Waals surface area contributed by atoms with E-state index in [-0.39, 0.29) is 16.4 Å². The van der Waals surface area contributed by atoms with Crippen LogP contribution in [0.2, 0.25) is 0 Å². The van der Waals surface area contributed by atoms with Gasteiger partial charge in [0.2, 0.25) is 0 Å². The molecule has 1 N–H and O–H groups in total. The monoisotopic (exact) mass is 436 g/mol. The fourth-order valence-corrected chi connectivity index (χ4v) is 5.54. The highest BCUT2D eigenvalue weighted by Crippen LogP contribution is 2.39. The number of rotatable bonds is 3. The smallest absolute Gasteiger partial charge is 0.262 e. The molecular formula is C24H24N2O4S. The summed E-state index contributed by atoms with van der Waals surface area (Å²) in [6.07, 6.45) is 0. The van der Waals surface area contributed by atoms with E-state index in [0.29, 0.717) is 34.0 Å². The van der Waals surface area contributed by atoms with Gasteiger partial charge in [-0.15, -0.1) is 0 Å². The van der Waals surface area contributed by atoms with E-state index in [1.54, 1.807) is 33.0 Å². The molecule has 3 aromatic rings. The fraction of sp³-hybridized carbons (Fsp3) is 0.208. The van der Waals surface area contributed by atoms with Crippen molar-refractivity contribution >= 4 is 27.3 Å². The Morgan fingerprint density at radius 1 is 0.839 bits per heavy atom. The summed E-state index contributed by atoms with van der Waals surface area (Å²) in [5.74, 6) is 0.674. The van der Waals surface area contributed by atoms with Gasteiger partial charge in [0.1, 0.15) is 5.75 Å². The number of carbonyl (C=O) groups is 1. The van der Waals surface area contributed by atoms with Crippen LogP contribution in [-0.2, 0) is 10.0 Å². The van der Waals surface area contributed by atoms with E-state index in [4.69, 9.17) is 4.74 Å². The highest BCUT2D eigenvalue weighted by molar-refractivity contribution is 7.92. The molecule has 1 aliphatic heterocycles. The molecule has 0 radical (unpaired) electrons. The first kappa shape index (κ1) is 20.9. The van der Waals surface area contributed by atoms with Crippen LogP contribution in [0.3, 0.4) is 0 Å². The molecule has 6 nitrogen and oxygen atoms in total. The molecule has 0 bridgehead atoms. The Morgan fingerprint density at radius 3 is 2.16 bits per heavy atom. The summed E-state index contributed by atoms with van der Waals surface area (Å²) in [6.45, 7) is 7.42. The molecule has 0 aliphatic carbocycles. The van der Waals surface area contributed by atoms with Gasteiger partial charge in [-0.2, -0.15) is 0 Å². The lowest BCUT2D eigenvalue weighted by atomic mass is 10.1. The van der Waals surface area contributed by atoms with Crippen LogP contribution in [0.15, 0.2) is 53.4 Å². The first-order chi connectivity index (χ1) is 14.6. The SMILES string of the molecule is Cc1cc(C)c(S(=O)(=O)Nc2ccc3c(c2)C(=O)N(C)c2cc(C)ccc2O3)c(C)c1. The highest BCUT2D eigenvalue weighted by atomic mass is 32.2. The minimum atomic E-state index is -3.83. The number of carbonyl (C=O) groups excluding carboxylic acids is 1. The Balaban J connectivity index is 1.73. The molecule has 0 unspecified atom stereocenters. The maximum Gasteiger partial charge on any atom is 0.262 e. The molecule has 1 aliphatic rings. The molecule has 0 atom stereocenters. The number of fused-ring (bicyclic) bond motifs is 2. The number of benzene rings is 3. The van der Waals surface area contributed by atoms with Gasteiger partial charge in [0.15, 0.2) is 5.75 Å². The van der Waals surface area contributed by atoms with Gasteiger partial charge in [-0.25, -0.2) is 8.42 Å². The maximum atomic E-state index is 13.1. The van der Waals surface area contributed by atoms with Crippen molar-refractivity contribution < 1.29 is 17.9 Å². The summed E-state index contributed by atoms with van der Waals surface area (Å²) in [5.41, 5.74) is 4.59. The van der Waals surface area contributed by atoms with Gasteiger partial charge in [0, 0.05) is 12.7 Å². The number of hydrogen-bond donors (Lipinski definition) is 1. The van der Waals surface area contributed by atoms with Crippen LogP contribution in [0, 0.1) is 27.7 Å². The quantitative estimate of drug-likeness (QED) is 0.620. The molecule has 0 saturated heterocycles. The van der Waals surface area contributed by atoms with Gasteiger partial charge in [0.25, 0.3) is 15.9 Å². The van der Waals surface area contributed by atoms with Crippen molar-refractivity contribution in [1.29, 1.82) is 0 Å². The largest absolute Gasteiger partial charge is 0.454 e. The Morgan fingerprint density at radius 2 is 1.48 bits per heavy atom. The van der Waals surface area contributed by atoms with Crippen LogP contribution in [0.5, 0.6) is 11.5 Å². The van der Waals surface area contributed by atoms with Gasteiger partial charge < -0.3 is 9.64 Å². The Labute approximate surface area is 182 Å². The summed E-state index contributed by atoms with van der Waals surface area (Å²) in [7, 11) is -2.16. The van der Waals surface area contributed by atoms with Crippen LogP contribution in [0.25, 0.3) is 0 Å². The molecule has 0 fully saturated rings. The summed E-state index contributed by atoms with van der Waals surface area (Å²) in [6, 6.07) is 14.0. The molecule has 4 rings (SSSR count). The predicted octanol–water partition coefficient (Wildman–Crippen LogP) is 5.10. The average molecular weight is 437 g/mol. The Bertz CT molecular complexity index is 1310. The van der Waals surface area contributed by atoms with Crippen molar-refractivity contribution in [2.45, 2.75) is 32.6 Å². The zero-order valence-corrected chi connectivity index (χ0v) is 18.9. The van der Waals surface area contributed by atoms with Crippen LogP contribution in [-0.4, -0.2) is 21.4 Å². The minimum absolute atomic E-state index is 0.246. The lowest BCUT2D eigenvalue weighted by Crippen LogP contribution is -2.25. The van der Waals surface area contributed by atoms with Gasteiger partial charge in [-0.1, -0.05) is 23.8 Å². The first-order valence-electron chi connectivity index (χ1n) is 9.88. The third-order valence-electron chi connectivity index (χ3n) is 5.34. The van der Waals surface area contributed by atoms with Gasteiger partial charge >= 0.3 is 0 Å². The summed E-state index contributed by atoms with van der Waals surface area (Å²) < 4.78 is 34.8. The molecule has 1 heterocycles. The van der Waals surface area contributed by atoms with Crippen LogP contribution in [0.1, 0.15) is 32.6 Å². The van der Waals surface area contributed by atoms with Crippen molar-refractivity contribution in [3.8, 4) is 11.5 Å². The van der Waals surface area contributed by atoms with Crippen molar-refractivity contribution in [3.05, 3.63) is 76.3 Å². The topological polar surface area (TPSA) is 75.7 Å². The zero-order valence-electron chi connectivity index (χ0n) is 18.1. The molecule has 3 aromatic carbocycles. The molecule has 7 heteroatoms. The number of nitrogens with one attached hydrogen (secondary N) is 1. The Kier molecular flexibility index (Phi) is 5.01. The molecule has 1 amide bonds. The second-order valence-corrected chi connectivity index (χ2v) is 9.60. The predicted molar refractivity (Wildman–Crippen MR) is 122 cm³/mol. The van der Waals surface area contributed by atoms with Gasteiger partial charge in [-0.05, 0) is 74.7 Å². The lowest BCUT2D eigenvalue weighted by molar-refractivity contribution is 0.0993. The minimum Gasteiger partial charge on any atom is -0.454 e. The maximum absolute atomic E-state index is 13.1. The van der Waals surface area contributed by atoms with Gasteiger partial charge in [-0.3, -0.25) is 9.52 Å². The van der Waals surface area contributed by atoms with E-state index in [0.717, 1.165) is 11.1 Å². The third-order valence-corrected chi connectivity index (χ3v) is 7.02. The number of sulfonamides is 1. The van der Waals surface area contributed by atoms with Crippen molar-refractivity contribution in [2.24, 2.45) is 0 Å². The normalized spacial score (nSPS) is 13.2. The second kappa shape index (κ2) is 7.42. The fourth-order valence-electron chi connectivity index (χ4n) is 4.03. The molecule has 0 saturated carbocycles. The van der Waals surface area contributed by atoms with Crippen molar-refractivity contribution in [1.82, 2.24) is 0 Å². The van der Waals surface area contributed by atoms with E-state index in [1.165, 1.54) is 11.0 Å². The first-order valence-corrected chi connectivity index (χ1v) is 11.4. The average Bonchev–Trinajstić information content (AvgIpc) is 2.76. The number of anilines is 2. The summed E-state index contributed by atoms with van der Waals surface area (Å²) in [5, 5.41) is 0. The van der Waals surface area contributed by atoms with E-state index in [1.807, 2.05) is 44.2 Å². The van der Waals surface area contributed by atoms with Crippen LogP contribution in [0.4, 0.5) is 11.4 Å². The molecular weight excluding hydrogens is 412 g/mol. The number of amides is 1. The summed E-state index contributed by atoms with van der Waals surface area (Å²) >= 11 is 0.